The summed E-state index contributed by atoms with van der Waals surface area (Å²) in [6.07, 6.45) is 0. The molecule has 0 fully saturated rings. The van der Waals surface area contributed by atoms with Crippen LogP contribution in [-0.4, -0.2) is 20.4 Å². The van der Waals surface area contributed by atoms with Crippen molar-refractivity contribution in [3.05, 3.63) is 348 Å². The first-order valence-corrected chi connectivity index (χ1v) is 44.4. The number of aromatic nitrogens is 3. The summed E-state index contributed by atoms with van der Waals surface area (Å²) in [5.41, 5.74) is 32.6. The predicted octanol–water partition coefficient (Wildman–Crippen LogP) is 30.8. The van der Waals surface area contributed by atoms with Crippen molar-refractivity contribution in [1.82, 2.24) is 13.7 Å². The Hall–Kier alpha value is -12.6. The monoisotopic (exact) mass is 1620 g/mol. The standard InChI is InChI=1S/C118H114BN5/c1-112(2,3)79-49-56-98-92(66-79)93-67-80(113(4,5)6)50-57-99(93)120(98)87-53-55-97-105(72-87)123(103-47-35-45-89-88-44-34-46-102(110(88)121(111(89)103)86-42-32-25-33-43-86)122-100-58-51-81(114(7,8)9)68-94(100)95-69-82(115(10,11)12)52-59-101(95)122)106-63-78(77-60-83(116(13,14)15)65-84(61-77)117(16,17)18)64-107-108(106)119(97)96-54-48-76(73-36-26-22-27-37-73)62-104(96)124(107)109-90(74-38-28-23-29-39-74)70-85(118(19,20)21)71-91(109)75-40-30-24-31-41-75/h22-72H,1-21H3/i22D,26D,27D,36D,37D. The van der Waals surface area contributed by atoms with Crippen molar-refractivity contribution in [3.8, 4) is 61.6 Å². The highest BCUT2D eigenvalue weighted by Gasteiger charge is 2.46. The van der Waals surface area contributed by atoms with Crippen LogP contribution in [0.1, 0.15) is 191 Å². The van der Waals surface area contributed by atoms with Crippen molar-refractivity contribution >= 4 is 123 Å². The lowest BCUT2D eigenvalue weighted by molar-refractivity contribution is 0.569. The zero-order chi connectivity index (χ0) is 90.9. The molecule has 20 rings (SSSR count). The minimum atomic E-state index is -0.495. The largest absolute Gasteiger partial charge is 0.310 e. The van der Waals surface area contributed by atoms with E-state index in [0.29, 0.717) is 5.56 Å². The number of rotatable bonds is 9. The highest BCUT2D eigenvalue weighted by atomic mass is 15.2. The Morgan fingerprint density at radius 1 is 0.234 bits per heavy atom. The number of para-hydroxylation sites is 3. The Balaban J connectivity index is 0.996. The molecule has 0 unspecified atom stereocenters. The first kappa shape index (κ1) is 74.0. The Labute approximate surface area is 741 Å². The molecule has 0 saturated heterocycles. The molecule has 0 aliphatic carbocycles. The van der Waals surface area contributed by atoms with Gasteiger partial charge in [-0.15, -0.1) is 0 Å². The highest BCUT2D eigenvalue weighted by Crippen LogP contribution is 2.56. The third kappa shape index (κ3) is 13.2. The SMILES string of the molecule is [2H]c1c([2H])c([2H])c(-c2ccc3c(c2)N(c2c(-c4ccccc4)cc(C(C)(C)C)cc2-c2ccccc2)c2cc(-c4cc(C(C)(C)C)cc(C(C)(C)C)c4)cc4c2B3c2ccc(-n3c5ccc(C(C)(C)C)cc5c5cc(C(C)(C)C)ccc53)cc2N4c2cccc3c4cccc(-n5c6ccc(C(C)(C)C)cc6c6cc(C(C)(C)C)ccc65)c4n(-c4ccccc4)c23)c([2H])c1[2H]. The van der Waals surface area contributed by atoms with Crippen molar-refractivity contribution in [3.63, 3.8) is 0 Å². The van der Waals surface area contributed by atoms with Gasteiger partial charge in [-0.05, 0) is 242 Å². The third-order valence-electron chi connectivity index (χ3n) is 26.7. The van der Waals surface area contributed by atoms with Crippen molar-refractivity contribution in [2.75, 3.05) is 9.80 Å². The molecule has 5 heterocycles. The minimum Gasteiger partial charge on any atom is -0.310 e. The van der Waals surface area contributed by atoms with E-state index < -0.39 is 12.8 Å². The summed E-state index contributed by atoms with van der Waals surface area (Å²) in [4.78, 5) is 5.19. The predicted molar refractivity (Wildman–Crippen MR) is 536 cm³/mol. The zero-order valence-corrected chi connectivity index (χ0v) is 75.9. The van der Waals surface area contributed by atoms with Gasteiger partial charge in [0.15, 0.2) is 0 Å². The lowest BCUT2D eigenvalue weighted by Gasteiger charge is -2.45. The molecule has 124 heavy (non-hydrogen) atoms. The van der Waals surface area contributed by atoms with Gasteiger partial charge in [-0.1, -0.05) is 339 Å². The van der Waals surface area contributed by atoms with Crippen LogP contribution in [0.3, 0.4) is 0 Å². The van der Waals surface area contributed by atoms with Gasteiger partial charge in [0.25, 0.3) is 6.71 Å². The van der Waals surface area contributed by atoms with Gasteiger partial charge < -0.3 is 23.5 Å². The molecule has 0 N–H and O–H groups in total. The third-order valence-corrected chi connectivity index (χ3v) is 26.7. The van der Waals surface area contributed by atoms with E-state index >= 15 is 0 Å². The molecule has 2 aliphatic heterocycles. The maximum absolute atomic E-state index is 9.86. The Morgan fingerprint density at radius 3 is 1.08 bits per heavy atom. The Kier molecular flexibility index (Phi) is 17.0. The van der Waals surface area contributed by atoms with E-state index in [0.717, 1.165) is 150 Å². The number of anilines is 6. The van der Waals surface area contributed by atoms with E-state index in [4.69, 9.17) is 1.37 Å². The van der Waals surface area contributed by atoms with Gasteiger partial charge >= 0.3 is 0 Å². The van der Waals surface area contributed by atoms with E-state index in [2.05, 4.69) is 442 Å². The van der Waals surface area contributed by atoms with Crippen molar-refractivity contribution in [2.24, 2.45) is 0 Å². The lowest BCUT2D eigenvalue weighted by Crippen LogP contribution is -2.61. The van der Waals surface area contributed by atoms with Gasteiger partial charge in [-0.2, -0.15) is 0 Å². The van der Waals surface area contributed by atoms with Crippen molar-refractivity contribution < 1.29 is 6.85 Å². The van der Waals surface area contributed by atoms with Crippen LogP contribution in [0, 0.1) is 0 Å². The number of hydrogen-bond acceptors (Lipinski definition) is 2. The molecule has 0 radical (unpaired) electrons. The van der Waals surface area contributed by atoms with Gasteiger partial charge in [0.2, 0.25) is 0 Å². The van der Waals surface area contributed by atoms with Gasteiger partial charge in [0, 0.05) is 77.6 Å². The molecule has 0 spiro atoms. The fourth-order valence-corrected chi connectivity index (χ4v) is 19.7. The molecule has 3 aromatic heterocycles. The first-order chi connectivity index (χ1) is 61.0. The van der Waals surface area contributed by atoms with Crippen LogP contribution in [0.5, 0.6) is 0 Å². The second-order valence-electron chi connectivity index (χ2n) is 42.4. The average Bonchev–Trinajstić information content (AvgIpc) is 1.54. The second-order valence-corrected chi connectivity index (χ2v) is 42.4. The lowest BCUT2D eigenvalue weighted by atomic mass is 9.33. The maximum atomic E-state index is 9.86. The maximum Gasteiger partial charge on any atom is 0.252 e. The smallest absolute Gasteiger partial charge is 0.252 e. The fraction of sp³-hybridized carbons (Fsp3) is 0.237. The van der Waals surface area contributed by atoms with Crippen molar-refractivity contribution in [1.29, 1.82) is 0 Å². The molecule has 2 aliphatic rings. The van der Waals surface area contributed by atoms with Crippen LogP contribution >= 0.6 is 0 Å². The van der Waals surface area contributed by atoms with Crippen LogP contribution in [0.2, 0.25) is 0 Å². The van der Waals surface area contributed by atoms with Crippen LogP contribution in [0.25, 0.3) is 127 Å². The van der Waals surface area contributed by atoms with Gasteiger partial charge in [-0.25, -0.2) is 0 Å². The summed E-state index contributed by atoms with van der Waals surface area (Å²) in [6.45, 7) is 48.1. The van der Waals surface area contributed by atoms with Gasteiger partial charge in [-0.3, -0.25) is 0 Å². The molecule has 18 aromatic rings. The molecule has 0 atom stereocenters. The summed E-state index contributed by atoms with van der Waals surface area (Å²) in [5, 5.41) is 7.03. The van der Waals surface area contributed by atoms with Crippen LogP contribution in [0.15, 0.2) is 309 Å². The second kappa shape index (κ2) is 28.5. The molecule has 6 heteroatoms. The number of nitrogens with zero attached hydrogens (tertiary/aromatic N) is 5. The highest BCUT2D eigenvalue weighted by molar-refractivity contribution is 7.00. The molecular formula is C118H114BN5. The molecule has 0 saturated carbocycles. The van der Waals surface area contributed by atoms with Gasteiger partial charge in [0.1, 0.15) is 0 Å². The van der Waals surface area contributed by atoms with E-state index in [-0.39, 0.29) is 67.6 Å². The number of fused-ring (bicyclic) bond motifs is 13. The number of hydrogen-bond donors (Lipinski definition) is 0. The van der Waals surface area contributed by atoms with Crippen LogP contribution < -0.4 is 26.2 Å². The van der Waals surface area contributed by atoms with Gasteiger partial charge in [0.05, 0.1) is 57.0 Å². The normalized spacial score (nSPS) is 14.0. The van der Waals surface area contributed by atoms with E-state index in [1.54, 1.807) is 0 Å². The summed E-state index contributed by atoms with van der Waals surface area (Å²) in [5.74, 6) is 0. The summed E-state index contributed by atoms with van der Waals surface area (Å²) in [6, 6.07) is 104. The summed E-state index contributed by atoms with van der Waals surface area (Å²) in [7, 11) is 0. The first-order valence-electron chi connectivity index (χ1n) is 46.9. The summed E-state index contributed by atoms with van der Waals surface area (Å²) >= 11 is 0. The summed E-state index contributed by atoms with van der Waals surface area (Å²) < 4.78 is 55.0. The minimum absolute atomic E-state index is 0.106. The Bertz CT molecular complexity index is 7440. The van der Waals surface area contributed by atoms with E-state index in [1.807, 2.05) is 6.07 Å². The zero-order valence-electron chi connectivity index (χ0n) is 80.9. The fourth-order valence-electron chi connectivity index (χ4n) is 19.7. The van der Waals surface area contributed by atoms with Crippen LogP contribution in [-0.2, 0) is 37.9 Å². The Morgan fingerprint density at radius 2 is 0.621 bits per heavy atom. The molecular weight excluding hydrogens is 1500 g/mol. The topological polar surface area (TPSA) is 21.3 Å². The molecule has 0 bridgehead atoms. The van der Waals surface area contributed by atoms with Crippen LogP contribution in [0.4, 0.5) is 34.1 Å². The molecule has 0 amide bonds. The van der Waals surface area contributed by atoms with E-state index in [9.17, 15) is 5.48 Å². The molecule has 5 nitrogen and oxygen atoms in total. The molecule has 15 aromatic carbocycles. The molecule has 614 valence electrons. The average molecular weight is 1620 g/mol. The number of benzene rings is 15. The quantitative estimate of drug-likeness (QED) is 0.134. The van der Waals surface area contributed by atoms with E-state index in [1.165, 1.54) is 54.9 Å². The van der Waals surface area contributed by atoms with Crippen molar-refractivity contribution in [2.45, 2.75) is 183 Å².